The molecule has 1 rings (SSSR count). The van der Waals surface area contributed by atoms with Crippen LogP contribution in [0.3, 0.4) is 0 Å². The Bertz CT molecular complexity index is 421. The van der Waals surface area contributed by atoms with E-state index in [9.17, 15) is 22.7 Å². The van der Waals surface area contributed by atoms with Crippen molar-refractivity contribution in [2.75, 3.05) is 24.6 Å². The average Bonchev–Trinajstić information content (AvgIpc) is 2.26. The zero-order chi connectivity index (χ0) is 14.6. The highest BCUT2D eigenvalue weighted by atomic mass is 19.4. The van der Waals surface area contributed by atoms with E-state index in [0.717, 1.165) is 6.07 Å². The van der Waals surface area contributed by atoms with Crippen LogP contribution in [0, 0.1) is 5.82 Å². The molecule has 1 aromatic rings. The summed E-state index contributed by atoms with van der Waals surface area (Å²) in [6, 6.07) is 3.68. The van der Waals surface area contributed by atoms with Crippen molar-refractivity contribution in [3.05, 3.63) is 29.6 Å². The predicted molar refractivity (Wildman–Crippen MR) is 62.4 cm³/mol. The molecule has 0 saturated heterocycles. The highest BCUT2D eigenvalue weighted by Crippen LogP contribution is 2.31. The zero-order valence-corrected chi connectivity index (χ0v) is 10.3. The molecule has 7 heteroatoms. The molecule has 0 spiro atoms. The Hall–Kier alpha value is -1.34. The molecule has 0 aliphatic heterocycles. The molecule has 0 aliphatic carbocycles. The lowest BCUT2D eigenvalue weighted by Gasteiger charge is -2.28. The Morgan fingerprint density at radius 3 is 2.42 bits per heavy atom. The van der Waals surface area contributed by atoms with Crippen molar-refractivity contribution in [3.8, 4) is 0 Å². The number of aliphatic hydroxyl groups excluding tert-OH is 2. The van der Waals surface area contributed by atoms with E-state index in [2.05, 4.69) is 0 Å². The molecule has 0 radical (unpaired) electrons. The Morgan fingerprint density at radius 1 is 1.32 bits per heavy atom. The van der Waals surface area contributed by atoms with Gasteiger partial charge in [-0.3, -0.25) is 0 Å². The molecule has 108 valence electrons. The molecule has 0 aliphatic rings. The van der Waals surface area contributed by atoms with Gasteiger partial charge in [-0.1, -0.05) is 12.1 Å². The Morgan fingerprint density at radius 2 is 1.95 bits per heavy atom. The lowest BCUT2D eigenvalue weighted by molar-refractivity contribution is -0.120. The number of halogens is 4. The fourth-order valence-electron chi connectivity index (χ4n) is 1.81. The van der Waals surface area contributed by atoms with Gasteiger partial charge in [0.25, 0.3) is 0 Å². The van der Waals surface area contributed by atoms with Crippen molar-refractivity contribution < 1.29 is 27.8 Å². The molecule has 0 bridgehead atoms. The van der Waals surface area contributed by atoms with Gasteiger partial charge in [0.1, 0.15) is 12.4 Å². The van der Waals surface area contributed by atoms with Crippen LogP contribution in [0.5, 0.6) is 0 Å². The third-order valence-electron chi connectivity index (χ3n) is 2.52. The first-order valence-corrected chi connectivity index (χ1v) is 5.65. The van der Waals surface area contributed by atoms with Gasteiger partial charge in [0.15, 0.2) is 0 Å². The third kappa shape index (κ3) is 4.36. The molecule has 0 heterocycles. The first kappa shape index (κ1) is 15.7. The van der Waals surface area contributed by atoms with Crippen LogP contribution in [0.1, 0.15) is 18.6 Å². The van der Waals surface area contributed by atoms with Gasteiger partial charge in [-0.2, -0.15) is 13.2 Å². The molecule has 1 aromatic carbocycles. The first-order chi connectivity index (χ1) is 8.76. The molecule has 3 nitrogen and oxygen atoms in total. The summed E-state index contributed by atoms with van der Waals surface area (Å²) in [5, 5.41) is 18.3. The minimum absolute atomic E-state index is 0.0534. The monoisotopic (exact) mass is 281 g/mol. The van der Waals surface area contributed by atoms with Crippen LogP contribution in [-0.2, 0) is 0 Å². The highest BCUT2D eigenvalue weighted by Gasteiger charge is 2.32. The second kappa shape index (κ2) is 6.21. The smallest absolute Gasteiger partial charge is 0.395 e. The number of para-hydroxylation sites is 1. The van der Waals surface area contributed by atoms with E-state index in [1.54, 1.807) is 0 Å². The second-order valence-corrected chi connectivity index (χ2v) is 4.11. The summed E-state index contributed by atoms with van der Waals surface area (Å²) < 4.78 is 51.2. The van der Waals surface area contributed by atoms with E-state index in [1.807, 2.05) is 0 Å². The Kier molecular flexibility index (Phi) is 5.13. The number of rotatable bonds is 5. The largest absolute Gasteiger partial charge is 0.405 e. The number of hydrogen-bond donors (Lipinski definition) is 2. The molecule has 0 aromatic heterocycles. The van der Waals surface area contributed by atoms with Crippen molar-refractivity contribution in [2.24, 2.45) is 0 Å². The van der Waals surface area contributed by atoms with E-state index in [1.165, 1.54) is 19.1 Å². The average molecular weight is 281 g/mol. The lowest BCUT2D eigenvalue weighted by atomic mass is 10.1. The summed E-state index contributed by atoms with van der Waals surface area (Å²) in [4.78, 5) is 0.678. The number of alkyl halides is 3. The zero-order valence-electron chi connectivity index (χ0n) is 10.3. The van der Waals surface area contributed by atoms with E-state index < -0.39 is 31.2 Å². The minimum atomic E-state index is -4.53. The summed E-state index contributed by atoms with van der Waals surface area (Å²) in [6.07, 6.45) is -5.65. The summed E-state index contributed by atoms with van der Waals surface area (Å²) in [5.74, 6) is -0.865. The van der Waals surface area contributed by atoms with Crippen LogP contribution in [0.25, 0.3) is 0 Å². The molecular formula is C12H15F4NO2. The maximum Gasteiger partial charge on any atom is 0.405 e. The van der Waals surface area contributed by atoms with Crippen molar-refractivity contribution >= 4 is 5.69 Å². The standard InChI is InChI=1S/C12H15F4NO2/c1-8(19)9-3-2-4-10(13)11(9)17(5-6-18)7-12(14,15)16/h2-4,8,18-19H,5-7H2,1H3/t8-/m0/s1. The van der Waals surface area contributed by atoms with Gasteiger partial charge in [-0.05, 0) is 13.0 Å². The fourth-order valence-corrected chi connectivity index (χ4v) is 1.81. The number of aliphatic hydroxyl groups is 2. The molecule has 19 heavy (non-hydrogen) atoms. The molecule has 0 saturated carbocycles. The first-order valence-electron chi connectivity index (χ1n) is 5.65. The van der Waals surface area contributed by atoms with Gasteiger partial charge in [0.2, 0.25) is 0 Å². The summed E-state index contributed by atoms with van der Waals surface area (Å²) in [6.45, 7) is -0.985. The minimum Gasteiger partial charge on any atom is -0.395 e. The van der Waals surface area contributed by atoms with Crippen LogP contribution in [-0.4, -0.2) is 36.1 Å². The summed E-state index contributed by atoms with van der Waals surface area (Å²) in [7, 11) is 0. The summed E-state index contributed by atoms with van der Waals surface area (Å²) >= 11 is 0. The highest BCUT2D eigenvalue weighted by molar-refractivity contribution is 5.56. The van der Waals surface area contributed by atoms with Gasteiger partial charge in [-0.15, -0.1) is 0 Å². The van der Waals surface area contributed by atoms with Gasteiger partial charge in [0.05, 0.1) is 18.4 Å². The molecule has 2 N–H and O–H groups in total. The van der Waals surface area contributed by atoms with Crippen molar-refractivity contribution in [3.63, 3.8) is 0 Å². The number of benzene rings is 1. The SMILES string of the molecule is C[C@H](O)c1cccc(F)c1N(CCO)CC(F)(F)F. The topological polar surface area (TPSA) is 43.7 Å². The third-order valence-corrected chi connectivity index (χ3v) is 2.52. The lowest BCUT2D eigenvalue weighted by Crippen LogP contribution is -2.37. The van der Waals surface area contributed by atoms with E-state index in [4.69, 9.17) is 5.11 Å². The Balaban J connectivity index is 3.21. The number of nitrogens with zero attached hydrogens (tertiary/aromatic N) is 1. The maximum atomic E-state index is 13.8. The second-order valence-electron chi connectivity index (χ2n) is 4.11. The van der Waals surface area contributed by atoms with Crippen molar-refractivity contribution in [1.82, 2.24) is 0 Å². The van der Waals surface area contributed by atoms with Gasteiger partial charge in [-0.25, -0.2) is 4.39 Å². The number of anilines is 1. The molecule has 0 fully saturated rings. The van der Waals surface area contributed by atoms with Gasteiger partial charge in [0, 0.05) is 12.1 Å². The normalized spacial score (nSPS) is 13.4. The van der Waals surface area contributed by atoms with Crippen molar-refractivity contribution in [1.29, 1.82) is 0 Å². The molecule has 0 unspecified atom stereocenters. The predicted octanol–water partition coefficient (Wildman–Crippen LogP) is 2.24. The van der Waals surface area contributed by atoms with E-state index in [-0.39, 0.29) is 17.8 Å². The van der Waals surface area contributed by atoms with Crippen LogP contribution >= 0.6 is 0 Å². The summed E-state index contributed by atoms with van der Waals surface area (Å²) in [5.41, 5.74) is -0.276. The number of hydrogen-bond acceptors (Lipinski definition) is 3. The van der Waals surface area contributed by atoms with E-state index >= 15 is 0 Å². The fraction of sp³-hybridized carbons (Fsp3) is 0.500. The molecular weight excluding hydrogens is 266 g/mol. The van der Waals surface area contributed by atoms with Crippen molar-refractivity contribution in [2.45, 2.75) is 19.2 Å². The molecule has 0 amide bonds. The van der Waals surface area contributed by atoms with Crippen LogP contribution < -0.4 is 4.90 Å². The maximum absolute atomic E-state index is 13.8. The van der Waals surface area contributed by atoms with Crippen LogP contribution in [0.15, 0.2) is 18.2 Å². The van der Waals surface area contributed by atoms with Gasteiger partial charge < -0.3 is 15.1 Å². The Labute approximate surface area is 108 Å². The van der Waals surface area contributed by atoms with Crippen LogP contribution in [0.4, 0.5) is 23.2 Å². The quantitative estimate of drug-likeness (QED) is 0.814. The van der Waals surface area contributed by atoms with Crippen LogP contribution in [0.2, 0.25) is 0 Å². The molecule has 1 atom stereocenters. The van der Waals surface area contributed by atoms with Gasteiger partial charge >= 0.3 is 6.18 Å². The van der Waals surface area contributed by atoms with E-state index in [0.29, 0.717) is 4.90 Å².